The SMILES string of the molecule is N[C@H](CNc1cc(-c2ccncc2)c(-c2ccc(F)cc2)nn1)Cc1ccccc1. The second kappa shape index (κ2) is 9.24. The molecule has 1 atom stereocenters. The lowest BCUT2D eigenvalue weighted by molar-refractivity contribution is 0.628. The number of pyridine rings is 1. The van der Waals surface area contributed by atoms with Gasteiger partial charge in [-0.15, -0.1) is 10.2 Å². The summed E-state index contributed by atoms with van der Waals surface area (Å²) < 4.78 is 13.4. The summed E-state index contributed by atoms with van der Waals surface area (Å²) in [5.41, 5.74) is 10.8. The van der Waals surface area contributed by atoms with Gasteiger partial charge in [-0.2, -0.15) is 0 Å². The predicted octanol–water partition coefficient (Wildman–Crippen LogP) is 4.33. The number of aromatic nitrogens is 3. The van der Waals surface area contributed by atoms with E-state index in [1.807, 2.05) is 36.4 Å². The van der Waals surface area contributed by atoms with E-state index in [-0.39, 0.29) is 11.9 Å². The number of nitrogens with zero attached hydrogens (tertiary/aromatic N) is 3. The summed E-state index contributed by atoms with van der Waals surface area (Å²) in [6, 6.07) is 22.1. The number of rotatable bonds is 7. The van der Waals surface area contributed by atoms with Crippen molar-refractivity contribution >= 4 is 5.82 Å². The van der Waals surface area contributed by atoms with Gasteiger partial charge in [0, 0.05) is 36.1 Å². The van der Waals surface area contributed by atoms with Crippen LogP contribution in [-0.2, 0) is 6.42 Å². The molecule has 0 aliphatic rings. The number of halogens is 1. The molecule has 2 aromatic carbocycles. The van der Waals surface area contributed by atoms with Gasteiger partial charge in [0.1, 0.15) is 17.3 Å². The molecule has 3 N–H and O–H groups in total. The van der Waals surface area contributed by atoms with Gasteiger partial charge >= 0.3 is 0 Å². The van der Waals surface area contributed by atoms with E-state index < -0.39 is 0 Å². The Balaban J connectivity index is 1.57. The molecular formula is C24H22FN5. The third kappa shape index (κ3) is 4.85. The monoisotopic (exact) mass is 399 g/mol. The Morgan fingerprint density at radius 1 is 0.867 bits per heavy atom. The molecule has 6 heteroatoms. The molecule has 0 spiro atoms. The molecule has 0 fully saturated rings. The van der Waals surface area contributed by atoms with Crippen molar-refractivity contribution in [2.45, 2.75) is 12.5 Å². The van der Waals surface area contributed by atoms with Crippen LogP contribution in [0.1, 0.15) is 5.56 Å². The maximum absolute atomic E-state index is 13.4. The van der Waals surface area contributed by atoms with Crippen LogP contribution in [0.3, 0.4) is 0 Å². The molecule has 30 heavy (non-hydrogen) atoms. The molecule has 0 amide bonds. The smallest absolute Gasteiger partial charge is 0.149 e. The van der Waals surface area contributed by atoms with Crippen molar-refractivity contribution in [3.05, 3.63) is 96.6 Å². The fourth-order valence-corrected chi connectivity index (χ4v) is 3.28. The van der Waals surface area contributed by atoms with Gasteiger partial charge in [0.15, 0.2) is 0 Å². The number of hydrogen-bond donors (Lipinski definition) is 2. The van der Waals surface area contributed by atoms with Gasteiger partial charge in [0.05, 0.1) is 0 Å². The molecule has 0 aliphatic heterocycles. The zero-order valence-corrected chi connectivity index (χ0v) is 16.4. The highest BCUT2D eigenvalue weighted by atomic mass is 19.1. The maximum Gasteiger partial charge on any atom is 0.149 e. The van der Waals surface area contributed by atoms with Crippen LogP contribution in [0.25, 0.3) is 22.4 Å². The van der Waals surface area contributed by atoms with Crippen molar-refractivity contribution in [3.8, 4) is 22.4 Å². The van der Waals surface area contributed by atoms with Crippen molar-refractivity contribution in [1.82, 2.24) is 15.2 Å². The molecule has 4 rings (SSSR count). The molecule has 0 unspecified atom stereocenters. The third-order valence-electron chi connectivity index (χ3n) is 4.79. The minimum Gasteiger partial charge on any atom is -0.367 e. The van der Waals surface area contributed by atoms with Crippen molar-refractivity contribution in [3.63, 3.8) is 0 Å². The minimum atomic E-state index is -0.289. The Labute approximate surface area is 174 Å². The molecule has 2 heterocycles. The highest BCUT2D eigenvalue weighted by Gasteiger charge is 2.13. The Kier molecular flexibility index (Phi) is 6.06. The predicted molar refractivity (Wildman–Crippen MR) is 117 cm³/mol. The van der Waals surface area contributed by atoms with Crippen molar-refractivity contribution in [2.24, 2.45) is 5.73 Å². The van der Waals surface area contributed by atoms with Gasteiger partial charge in [-0.25, -0.2) is 4.39 Å². The fourth-order valence-electron chi connectivity index (χ4n) is 3.28. The first kappa shape index (κ1) is 19.7. The van der Waals surface area contributed by atoms with E-state index in [0.717, 1.165) is 23.1 Å². The normalized spacial score (nSPS) is 11.8. The van der Waals surface area contributed by atoms with Crippen LogP contribution in [0.2, 0.25) is 0 Å². The number of anilines is 1. The number of nitrogens with one attached hydrogen (secondary N) is 1. The first-order valence-electron chi connectivity index (χ1n) is 9.76. The molecule has 2 aromatic heterocycles. The Hall–Kier alpha value is -3.64. The average Bonchev–Trinajstić information content (AvgIpc) is 2.79. The topological polar surface area (TPSA) is 76.7 Å². The van der Waals surface area contributed by atoms with E-state index in [9.17, 15) is 4.39 Å². The van der Waals surface area contributed by atoms with Crippen molar-refractivity contribution in [2.75, 3.05) is 11.9 Å². The molecule has 5 nitrogen and oxygen atoms in total. The van der Waals surface area contributed by atoms with E-state index in [2.05, 4.69) is 32.6 Å². The van der Waals surface area contributed by atoms with Crippen molar-refractivity contribution < 1.29 is 4.39 Å². The van der Waals surface area contributed by atoms with E-state index in [4.69, 9.17) is 5.73 Å². The molecule has 0 radical (unpaired) electrons. The third-order valence-corrected chi connectivity index (χ3v) is 4.79. The van der Waals surface area contributed by atoms with Gasteiger partial charge in [0.2, 0.25) is 0 Å². The highest BCUT2D eigenvalue weighted by Crippen LogP contribution is 2.31. The number of nitrogens with two attached hydrogens (primary N) is 1. The zero-order chi connectivity index (χ0) is 20.8. The van der Waals surface area contributed by atoms with Crippen LogP contribution in [-0.4, -0.2) is 27.8 Å². The van der Waals surface area contributed by atoms with E-state index in [0.29, 0.717) is 18.1 Å². The lowest BCUT2D eigenvalue weighted by Crippen LogP contribution is -2.31. The van der Waals surface area contributed by atoms with Crippen LogP contribution >= 0.6 is 0 Å². The Morgan fingerprint density at radius 2 is 1.60 bits per heavy atom. The summed E-state index contributed by atoms with van der Waals surface area (Å²) in [5, 5.41) is 12.0. The zero-order valence-electron chi connectivity index (χ0n) is 16.4. The summed E-state index contributed by atoms with van der Waals surface area (Å²) in [6.45, 7) is 0.565. The molecular weight excluding hydrogens is 377 g/mol. The number of benzene rings is 2. The summed E-state index contributed by atoms with van der Waals surface area (Å²) in [5.74, 6) is 0.346. The molecule has 0 saturated heterocycles. The van der Waals surface area contributed by atoms with Crippen molar-refractivity contribution in [1.29, 1.82) is 0 Å². The second-order valence-electron chi connectivity index (χ2n) is 7.07. The van der Waals surface area contributed by atoms with Crippen LogP contribution < -0.4 is 11.1 Å². The van der Waals surface area contributed by atoms with Gasteiger partial charge in [-0.05, 0) is 60.0 Å². The quantitative estimate of drug-likeness (QED) is 0.484. The molecule has 150 valence electrons. The van der Waals surface area contributed by atoms with E-state index >= 15 is 0 Å². The summed E-state index contributed by atoms with van der Waals surface area (Å²) in [6.07, 6.45) is 4.23. The first-order valence-corrected chi connectivity index (χ1v) is 9.76. The number of hydrogen-bond acceptors (Lipinski definition) is 5. The Bertz CT molecular complexity index is 1090. The second-order valence-corrected chi connectivity index (χ2v) is 7.07. The minimum absolute atomic E-state index is 0.0599. The first-order chi connectivity index (χ1) is 14.7. The molecule has 0 aliphatic carbocycles. The van der Waals surface area contributed by atoms with Crippen LogP contribution in [0.4, 0.5) is 10.2 Å². The average molecular weight is 399 g/mol. The summed E-state index contributed by atoms with van der Waals surface area (Å²) >= 11 is 0. The molecule has 4 aromatic rings. The van der Waals surface area contributed by atoms with Gasteiger partial charge < -0.3 is 11.1 Å². The lowest BCUT2D eigenvalue weighted by atomic mass is 10.0. The van der Waals surface area contributed by atoms with Gasteiger partial charge in [-0.1, -0.05) is 30.3 Å². The van der Waals surface area contributed by atoms with E-state index in [1.165, 1.54) is 17.7 Å². The Morgan fingerprint density at radius 3 is 2.33 bits per heavy atom. The van der Waals surface area contributed by atoms with Crippen LogP contribution in [0, 0.1) is 5.82 Å². The highest BCUT2D eigenvalue weighted by molar-refractivity contribution is 5.81. The van der Waals surface area contributed by atoms with Gasteiger partial charge in [-0.3, -0.25) is 4.98 Å². The fraction of sp³-hybridized carbons (Fsp3) is 0.125. The van der Waals surface area contributed by atoms with Crippen LogP contribution in [0.5, 0.6) is 0 Å². The maximum atomic E-state index is 13.4. The van der Waals surface area contributed by atoms with Crippen LogP contribution in [0.15, 0.2) is 85.2 Å². The standard InChI is InChI=1S/C24H22FN5/c25-20-8-6-19(7-9-20)24-22(18-10-12-27-13-11-18)15-23(29-30-24)28-16-21(26)14-17-4-2-1-3-5-17/h1-13,15,21H,14,16,26H2,(H,28,29)/t21-/m0/s1. The van der Waals surface area contributed by atoms with E-state index in [1.54, 1.807) is 24.5 Å². The molecule has 0 saturated carbocycles. The summed E-state index contributed by atoms with van der Waals surface area (Å²) in [4.78, 5) is 4.09. The largest absolute Gasteiger partial charge is 0.367 e. The lowest BCUT2D eigenvalue weighted by Gasteiger charge is -2.15. The van der Waals surface area contributed by atoms with Gasteiger partial charge in [0.25, 0.3) is 0 Å². The summed E-state index contributed by atoms with van der Waals surface area (Å²) in [7, 11) is 0. The molecule has 0 bridgehead atoms.